The van der Waals surface area contributed by atoms with Crippen LogP contribution in [-0.2, 0) is 0 Å². The maximum atomic E-state index is 5.86. The van der Waals surface area contributed by atoms with Gasteiger partial charge in [-0.1, -0.05) is 29.9 Å². The van der Waals surface area contributed by atoms with Crippen LogP contribution in [0.3, 0.4) is 0 Å². The summed E-state index contributed by atoms with van der Waals surface area (Å²) in [5.74, 6) is 0.727. The smallest absolute Gasteiger partial charge is 0.0314 e. The fourth-order valence-electron chi connectivity index (χ4n) is 2.82. The van der Waals surface area contributed by atoms with Gasteiger partial charge in [-0.15, -0.1) is 0 Å². The lowest BCUT2D eigenvalue weighted by Crippen LogP contribution is -1.95. The van der Waals surface area contributed by atoms with E-state index in [1.165, 1.54) is 24.0 Å². The molecule has 78 valence electrons. The summed E-state index contributed by atoms with van der Waals surface area (Å²) < 4.78 is 0. The van der Waals surface area contributed by atoms with Gasteiger partial charge < -0.3 is 5.73 Å². The van der Waals surface area contributed by atoms with Gasteiger partial charge in [0.1, 0.15) is 0 Å². The first-order valence-electron chi connectivity index (χ1n) is 5.82. The van der Waals surface area contributed by atoms with Gasteiger partial charge in [0.05, 0.1) is 0 Å². The molecule has 1 atom stereocenters. The Balaban J connectivity index is 1.90. The topological polar surface area (TPSA) is 26.0 Å². The number of nitrogens with two attached hydrogens (primary N) is 1. The second-order valence-electron chi connectivity index (χ2n) is 4.84. The summed E-state index contributed by atoms with van der Waals surface area (Å²) >= 11 is 0. The van der Waals surface area contributed by atoms with Gasteiger partial charge in [0.25, 0.3) is 0 Å². The predicted octanol–water partition coefficient (Wildman–Crippen LogP) is 2.91. The summed E-state index contributed by atoms with van der Waals surface area (Å²) in [6, 6.07) is 0. The molecule has 4 rings (SSSR count). The van der Waals surface area contributed by atoms with E-state index in [1.54, 1.807) is 16.7 Å². The first-order chi connectivity index (χ1) is 7.84. The average molecular weight is 207 g/mol. The van der Waals surface area contributed by atoms with Crippen molar-refractivity contribution in [3.05, 3.63) is 70.0 Å². The molecule has 0 spiro atoms. The first-order valence-corrected chi connectivity index (χ1v) is 5.82. The molecule has 0 saturated heterocycles. The molecule has 0 heterocycles. The van der Waals surface area contributed by atoms with Crippen LogP contribution in [0.5, 0.6) is 0 Å². The molecule has 4 aliphatic carbocycles. The van der Waals surface area contributed by atoms with Crippen LogP contribution in [0, 0.1) is 5.92 Å². The van der Waals surface area contributed by atoms with Crippen LogP contribution in [0.1, 0.15) is 12.8 Å². The standard InChI is InChI=1S/C15H13N/c16-9-3-1-2-4-10-11(6-5-9)13-8-15(13)14-7-12(10)14/h1-6,12H,7-8,16H2/b2-1-,6-5-,9-3+,10-4+. The molecule has 0 bridgehead atoms. The molecule has 1 unspecified atom stereocenters. The third-order valence-corrected chi connectivity index (χ3v) is 3.79. The van der Waals surface area contributed by atoms with E-state index in [9.17, 15) is 0 Å². The summed E-state index contributed by atoms with van der Waals surface area (Å²) in [5, 5.41) is 0. The predicted molar refractivity (Wildman–Crippen MR) is 65.4 cm³/mol. The van der Waals surface area contributed by atoms with E-state index in [-0.39, 0.29) is 0 Å². The number of rotatable bonds is 0. The van der Waals surface area contributed by atoms with Crippen molar-refractivity contribution >= 4 is 0 Å². The Morgan fingerprint density at radius 1 is 1.06 bits per heavy atom. The molecule has 0 aliphatic heterocycles. The van der Waals surface area contributed by atoms with Crippen molar-refractivity contribution < 1.29 is 0 Å². The van der Waals surface area contributed by atoms with Crippen LogP contribution in [0.15, 0.2) is 70.0 Å². The van der Waals surface area contributed by atoms with E-state index in [0.717, 1.165) is 11.6 Å². The van der Waals surface area contributed by atoms with E-state index < -0.39 is 0 Å². The maximum Gasteiger partial charge on any atom is 0.0314 e. The zero-order valence-electron chi connectivity index (χ0n) is 9.03. The Morgan fingerprint density at radius 2 is 1.94 bits per heavy atom. The van der Waals surface area contributed by atoms with Gasteiger partial charge in [-0.3, -0.25) is 0 Å². The summed E-state index contributed by atoms with van der Waals surface area (Å²) in [7, 11) is 0. The van der Waals surface area contributed by atoms with Gasteiger partial charge in [-0.2, -0.15) is 0 Å². The summed E-state index contributed by atoms with van der Waals surface area (Å²) in [6.07, 6.45) is 15.1. The normalized spacial score (nSPS) is 39.9. The van der Waals surface area contributed by atoms with E-state index in [2.05, 4.69) is 18.2 Å². The molecule has 16 heavy (non-hydrogen) atoms. The number of fused-ring (bicyclic) bond motifs is 4. The number of hydrogen-bond donors (Lipinski definition) is 1. The zero-order valence-corrected chi connectivity index (χ0v) is 9.03. The molecule has 2 fully saturated rings. The van der Waals surface area contributed by atoms with Crippen molar-refractivity contribution in [1.29, 1.82) is 0 Å². The average Bonchev–Trinajstić information content (AvgIpc) is 3.10. The minimum absolute atomic E-state index is 0.727. The number of allylic oxidation sites excluding steroid dienone is 11. The molecule has 1 nitrogen and oxygen atoms in total. The van der Waals surface area contributed by atoms with Crippen molar-refractivity contribution in [2.45, 2.75) is 12.8 Å². The lowest BCUT2D eigenvalue weighted by molar-refractivity contribution is 1.06. The molecule has 4 aliphatic rings. The monoisotopic (exact) mass is 207 g/mol. The van der Waals surface area contributed by atoms with Gasteiger partial charge in [0.15, 0.2) is 0 Å². The van der Waals surface area contributed by atoms with E-state index in [4.69, 9.17) is 5.73 Å². The first kappa shape index (κ1) is 8.40. The van der Waals surface area contributed by atoms with Crippen LogP contribution in [0.25, 0.3) is 0 Å². The zero-order chi connectivity index (χ0) is 10.7. The van der Waals surface area contributed by atoms with E-state index >= 15 is 0 Å². The summed E-state index contributed by atoms with van der Waals surface area (Å²) in [4.78, 5) is 0. The van der Waals surface area contributed by atoms with Gasteiger partial charge in [-0.25, -0.2) is 0 Å². The molecule has 0 aromatic carbocycles. The van der Waals surface area contributed by atoms with Crippen molar-refractivity contribution in [3.63, 3.8) is 0 Å². The van der Waals surface area contributed by atoms with Gasteiger partial charge in [0.2, 0.25) is 0 Å². The van der Waals surface area contributed by atoms with Crippen LogP contribution in [0.2, 0.25) is 0 Å². The molecule has 2 N–H and O–H groups in total. The Kier molecular flexibility index (Phi) is 1.40. The highest BCUT2D eigenvalue weighted by Crippen LogP contribution is 2.62. The second-order valence-corrected chi connectivity index (χ2v) is 4.84. The minimum Gasteiger partial charge on any atom is -0.399 e. The highest BCUT2D eigenvalue weighted by molar-refractivity contribution is 5.73. The third kappa shape index (κ3) is 1.06. The molecular weight excluding hydrogens is 194 g/mol. The minimum atomic E-state index is 0.727. The van der Waals surface area contributed by atoms with Crippen molar-refractivity contribution in [1.82, 2.24) is 0 Å². The second kappa shape index (κ2) is 2.67. The molecule has 0 aromatic rings. The van der Waals surface area contributed by atoms with E-state index in [1.807, 2.05) is 18.2 Å². The Morgan fingerprint density at radius 3 is 2.88 bits per heavy atom. The fraction of sp³-hybridized carbons (Fsp3) is 0.200. The third-order valence-electron chi connectivity index (χ3n) is 3.79. The lowest BCUT2D eigenvalue weighted by atomic mass is 9.96. The van der Waals surface area contributed by atoms with Crippen molar-refractivity contribution in [2.75, 3.05) is 0 Å². The highest BCUT2D eigenvalue weighted by atomic mass is 14.6. The number of hydrogen-bond acceptors (Lipinski definition) is 1. The summed E-state index contributed by atoms with van der Waals surface area (Å²) in [5.41, 5.74) is 14.5. The Labute approximate surface area is 95.0 Å². The Bertz CT molecular complexity index is 577. The lowest BCUT2D eigenvalue weighted by Gasteiger charge is -2.08. The van der Waals surface area contributed by atoms with Gasteiger partial charge in [0, 0.05) is 11.6 Å². The molecule has 1 heteroatoms. The fourth-order valence-corrected chi connectivity index (χ4v) is 2.82. The van der Waals surface area contributed by atoms with Gasteiger partial charge >= 0.3 is 0 Å². The summed E-state index contributed by atoms with van der Waals surface area (Å²) in [6.45, 7) is 0. The molecule has 0 aromatic heterocycles. The molecule has 0 radical (unpaired) electrons. The van der Waals surface area contributed by atoms with Crippen LogP contribution >= 0.6 is 0 Å². The Hall–Kier alpha value is -1.76. The van der Waals surface area contributed by atoms with Crippen LogP contribution < -0.4 is 5.73 Å². The van der Waals surface area contributed by atoms with Crippen molar-refractivity contribution in [2.24, 2.45) is 11.7 Å². The van der Waals surface area contributed by atoms with Crippen LogP contribution in [-0.4, -0.2) is 0 Å². The molecule has 0 amide bonds. The molecular formula is C15H13N. The molecule has 2 saturated carbocycles. The van der Waals surface area contributed by atoms with E-state index in [0.29, 0.717) is 0 Å². The van der Waals surface area contributed by atoms with Gasteiger partial charge in [-0.05, 0) is 47.3 Å². The quantitative estimate of drug-likeness (QED) is 0.649. The highest BCUT2D eigenvalue weighted by Gasteiger charge is 2.47. The van der Waals surface area contributed by atoms with Crippen molar-refractivity contribution in [3.8, 4) is 0 Å². The maximum absolute atomic E-state index is 5.86. The SMILES string of the molecule is NC1=C/C=C\C=C2/C(=C3CC3=C3CC32)/C=C\1. The van der Waals surface area contributed by atoms with Crippen LogP contribution in [0.4, 0.5) is 0 Å². The largest absolute Gasteiger partial charge is 0.399 e.